The zero-order valence-corrected chi connectivity index (χ0v) is 12.7. The van der Waals surface area contributed by atoms with Gasteiger partial charge in [-0.25, -0.2) is 4.79 Å². The van der Waals surface area contributed by atoms with Gasteiger partial charge in [-0.3, -0.25) is 0 Å². The lowest BCUT2D eigenvalue weighted by atomic mass is 9.80. The molecular weight excluding hydrogens is 248 g/mol. The Bertz CT molecular complexity index is 342. The van der Waals surface area contributed by atoms with E-state index >= 15 is 0 Å². The van der Waals surface area contributed by atoms with Crippen LogP contribution in [0.3, 0.4) is 0 Å². The fourth-order valence-corrected chi connectivity index (χ4v) is 3.45. The van der Waals surface area contributed by atoms with Crippen LogP contribution in [-0.2, 0) is 9.53 Å². The Labute approximate surface area is 123 Å². The van der Waals surface area contributed by atoms with Crippen LogP contribution in [0.15, 0.2) is 24.3 Å². The van der Waals surface area contributed by atoms with Crippen LogP contribution >= 0.6 is 0 Å². The van der Waals surface area contributed by atoms with Crippen LogP contribution in [0.1, 0.15) is 57.8 Å². The number of rotatable bonds is 4. The van der Waals surface area contributed by atoms with E-state index in [1.807, 2.05) is 6.08 Å². The summed E-state index contributed by atoms with van der Waals surface area (Å²) in [7, 11) is 1.43. The topological polar surface area (TPSA) is 26.3 Å². The van der Waals surface area contributed by atoms with Gasteiger partial charge in [0.15, 0.2) is 0 Å². The first-order valence-corrected chi connectivity index (χ1v) is 8.22. The summed E-state index contributed by atoms with van der Waals surface area (Å²) in [5.41, 5.74) is 0. The maximum atomic E-state index is 11.1. The number of allylic oxidation sites excluding steroid dienone is 3. The summed E-state index contributed by atoms with van der Waals surface area (Å²) >= 11 is 0. The lowest BCUT2D eigenvalue weighted by Gasteiger charge is -2.25. The van der Waals surface area contributed by atoms with Crippen molar-refractivity contribution < 1.29 is 9.53 Å². The van der Waals surface area contributed by atoms with Crippen LogP contribution in [0.25, 0.3) is 0 Å². The fourth-order valence-electron chi connectivity index (χ4n) is 3.45. The highest BCUT2D eigenvalue weighted by Gasteiger charge is 2.18. The minimum Gasteiger partial charge on any atom is -0.466 e. The molecular formula is C18H28O2. The minimum atomic E-state index is -0.232. The van der Waals surface area contributed by atoms with E-state index in [9.17, 15) is 4.79 Å². The Hall–Kier alpha value is -1.05. The van der Waals surface area contributed by atoms with Crippen molar-refractivity contribution in [1.82, 2.24) is 0 Å². The predicted molar refractivity (Wildman–Crippen MR) is 82.3 cm³/mol. The van der Waals surface area contributed by atoms with Crippen molar-refractivity contribution in [2.24, 2.45) is 17.8 Å². The molecule has 0 saturated heterocycles. The first-order valence-electron chi connectivity index (χ1n) is 8.22. The van der Waals surface area contributed by atoms with Crippen LogP contribution in [0.4, 0.5) is 0 Å². The minimum absolute atomic E-state index is 0.232. The van der Waals surface area contributed by atoms with Crippen molar-refractivity contribution in [1.29, 1.82) is 0 Å². The Morgan fingerprint density at radius 1 is 0.800 bits per heavy atom. The molecule has 2 nitrogen and oxygen atoms in total. The van der Waals surface area contributed by atoms with E-state index in [1.165, 1.54) is 64.9 Å². The average Bonchev–Trinajstić information content (AvgIpc) is 2.52. The molecule has 0 aromatic rings. The lowest BCUT2D eigenvalue weighted by Crippen LogP contribution is -2.12. The van der Waals surface area contributed by atoms with Crippen molar-refractivity contribution in [3.8, 4) is 0 Å². The summed E-state index contributed by atoms with van der Waals surface area (Å²) in [6.07, 6.45) is 20.6. The molecule has 2 aliphatic rings. The molecule has 2 heteroatoms. The Kier molecular flexibility index (Phi) is 6.35. The average molecular weight is 276 g/mol. The van der Waals surface area contributed by atoms with E-state index in [1.54, 1.807) is 6.08 Å². The molecule has 0 heterocycles. The number of hydrogen-bond acceptors (Lipinski definition) is 2. The molecule has 112 valence electrons. The van der Waals surface area contributed by atoms with Crippen molar-refractivity contribution in [2.75, 3.05) is 7.11 Å². The molecule has 2 aliphatic carbocycles. The molecule has 2 fully saturated rings. The molecule has 0 unspecified atom stereocenters. The Balaban J connectivity index is 1.69. The van der Waals surface area contributed by atoms with Gasteiger partial charge in [-0.1, -0.05) is 37.5 Å². The van der Waals surface area contributed by atoms with Gasteiger partial charge in [0, 0.05) is 6.08 Å². The third-order valence-corrected chi connectivity index (χ3v) is 4.83. The normalized spacial score (nSPS) is 29.1. The van der Waals surface area contributed by atoms with Gasteiger partial charge in [0.25, 0.3) is 0 Å². The highest BCUT2D eigenvalue weighted by molar-refractivity contribution is 5.81. The highest BCUT2D eigenvalue weighted by atomic mass is 16.5. The molecule has 20 heavy (non-hydrogen) atoms. The number of esters is 1. The van der Waals surface area contributed by atoms with E-state index in [0.29, 0.717) is 5.92 Å². The number of carbonyl (C=O) groups is 1. The first kappa shape index (κ1) is 15.3. The molecule has 0 bridgehead atoms. The number of hydrogen-bond donors (Lipinski definition) is 0. The van der Waals surface area contributed by atoms with Crippen LogP contribution in [0.5, 0.6) is 0 Å². The number of methoxy groups -OCH3 is 1. The van der Waals surface area contributed by atoms with E-state index in [0.717, 1.165) is 11.8 Å². The van der Waals surface area contributed by atoms with Crippen molar-refractivity contribution >= 4 is 5.97 Å². The van der Waals surface area contributed by atoms with Gasteiger partial charge in [0.1, 0.15) is 0 Å². The van der Waals surface area contributed by atoms with Crippen molar-refractivity contribution in [3.63, 3.8) is 0 Å². The van der Waals surface area contributed by atoms with Gasteiger partial charge in [0.2, 0.25) is 0 Å². The number of carbonyl (C=O) groups excluding carboxylic acids is 1. The smallest absolute Gasteiger partial charge is 0.330 e. The SMILES string of the molecule is COC(=O)C=CC1CCC(C=CC2CCCCC2)CC1. The molecule has 0 aliphatic heterocycles. The summed E-state index contributed by atoms with van der Waals surface area (Å²) in [4.78, 5) is 11.1. The maximum Gasteiger partial charge on any atom is 0.330 e. The summed E-state index contributed by atoms with van der Waals surface area (Å²) in [6.45, 7) is 0. The Morgan fingerprint density at radius 2 is 1.30 bits per heavy atom. The third-order valence-electron chi connectivity index (χ3n) is 4.83. The van der Waals surface area contributed by atoms with Gasteiger partial charge in [-0.15, -0.1) is 0 Å². The van der Waals surface area contributed by atoms with E-state index in [2.05, 4.69) is 16.9 Å². The standard InChI is InChI=1S/C18H28O2/c1-20-18(19)14-13-17-11-9-16(10-12-17)8-7-15-5-3-2-4-6-15/h7-8,13-17H,2-6,9-12H2,1H3. The van der Waals surface area contributed by atoms with E-state index < -0.39 is 0 Å². The van der Waals surface area contributed by atoms with Crippen LogP contribution in [0, 0.1) is 17.8 Å². The second kappa shape index (κ2) is 8.28. The largest absolute Gasteiger partial charge is 0.466 e. The van der Waals surface area contributed by atoms with E-state index in [4.69, 9.17) is 0 Å². The quantitative estimate of drug-likeness (QED) is 0.424. The molecule has 0 radical (unpaired) electrons. The molecule has 0 atom stereocenters. The highest BCUT2D eigenvalue weighted by Crippen LogP contribution is 2.32. The summed E-state index contributed by atoms with van der Waals surface area (Å²) < 4.78 is 4.63. The van der Waals surface area contributed by atoms with Gasteiger partial charge < -0.3 is 4.74 Å². The van der Waals surface area contributed by atoms with Crippen LogP contribution in [-0.4, -0.2) is 13.1 Å². The Morgan fingerprint density at radius 3 is 1.85 bits per heavy atom. The lowest BCUT2D eigenvalue weighted by molar-refractivity contribution is -0.134. The first-order chi connectivity index (χ1) is 9.78. The molecule has 0 aromatic heterocycles. The molecule has 0 amide bonds. The van der Waals surface area contributed by atoms with Crippen molar-refractivity contribution in [2.45, 2.75) is 57.8 Å². The van der Waals surface area contributed by atoms with Gasteiger partial charge in [-0.05, 0) is 56.3 Å². The molecule has 0 N–H and O–H groups in total. The predicted octanol–water partition coefficient (Wildman–Crippen LogP) is 4.66. The van der Waals surface area contributed by atoms with E-state index in [-0.39, 0.29) is 5.97 Å². The summed E-state index contributed by atoms with van der Waals surface area (Å²) in [5, 5.41) is 0. The van der Waals surface area contributed by atoms with Crippen LogP contribution < -0.4 is 0 Å². The molecule has 0 spiro atoms. The monoisotopic (exact) mass is 276 g/mol. The fraction of sp³-hybridized carbons (Fsp3) is 0.722. The maximum absolute atomic E-state index is 11.1. The van der Waals surface area contributed by atoms with Gasteiger partial charge in [-0.2, -0.15) is 0 Å². The molecule has 2 saturated carbocycles. The zero-order valence-electron chi connectivity index (χ0n) is 12.7. The molecule has 2 rings (SSSR count). The van der Waals surface area contributed by atoms with Crippen molar-refractivity contribution in [3.05, 3.63) is 24.3 Å². The third kappa shape index (κ3) is 5.15. The summed E-state index contributed by atoms with van der Waals surface area (Å²) in [6, 6.07) is 0. The second-order valence-corrected chi connectivity index (χ2v) is 6.34. The summed E-state index contributed by atoms with van der Waals surface area (Å²) in [5.74, 6) is 1.94. The second-order valence-electron chi connectivity index (χ2n) is 6.34. The van der Waals surface area contributed by atoms with Crippen LogP contribution in [0.2, 0.25) is 0 Å². The number of ether oxygens (including phenoxy) is 1. The van der Waals surface area contributed by atoms with Gasteiger partial charge >= 0.3 is 5.97 Å². The molecule has 0 aromatic carbocycles. The van der Waals surface area contributed by atoms with Gasteiger partial charge in [0.05, 0.1) is 7.11 Å². The zero-order chi connectivity index (χ0) is 14.2.